The summed E-state index contributed by atoms with van der Waals surface area (Å²) in [4.78, 5) is 8.92. The molecule has 1 atom stereocenters. The molecule has 1 aliphatic heterocycles. The number of aromatic nitrogens is 1. The van der Waals surface area contributed by atoms with E-state index < -0.39 is 0 Å². The molecule has 0 bridgehead atoms. The van der Waals surface area contributed by atoms with E-state index in [1.165, 1.54) is 16.2 Å². The lowest BCUT2D eigenvalue weighted by Gasteiger charge is -2.34. The van der Waals surface area contributed by atoms with Crippen LogP contribution in [0.15, 0.2) is 39.4 Å². The lowest BCUT2D eigenvalue weighted by Crippen LogP contribution is -2.41. The van der Waals surface area contributed by atoms with Gasteiger partial charge in [0.25, 0.3) is 0 Å². The van der Waals surface area contributed by atoms with Crippen LogP contribution in [0.4, 0.5) is 5.88 Å². The summed E-state index contributed by atoms with van der Waals surface area (Å²) in [5.74, 6) is 0.920. The molecule has 134 valence electrons. The number of oxazole rings is 1. The van der Waals surface area contributed by atoms with Gasteiger partial charge in [0.15, 0.2) is 0 Å². The van der Waals surface area contributed by atoms with Crippen molar-refractivity contribution in [1.29, 1.82) is 5.26 Å². The molecular weight excluding hydrogens is 368 g/mol. The van der Waals surface area contributed by atoms with E-state index in [1.807, 2.05) is 17.5 Å². The summed E-state index contributed by atoms with van der Waals surface area (Å²) >= 11 is 3.28. The predicted molar refractivity (Wildman–Crippen MR) is 102 cm³/mol. The Labute approximate surface area is 159 Å². The van der Waals surface area contributed by atoms with Gasteiger partial charge in [-0.2, -0.15) is 10.2 Å². The van der Waals surface area contributed by atoms with E-state index in [0.717, 1.165) is 31.2 Å². The lowest BCUT2D eigenvalue weighted by molar-refractivity contribution is 0.0193. The first kappa shape index (κ1) is 17.2. The Hall–Kier alpha value is -2.18. The van der Waals surface area contributed by atoms with Crippen molar-refractivity contribution < 1.29 is 9.15 Å². The van der Waals surface area contributed by atoms with E-state index in [2.05, 4.69) is 38.8 Å². The van der Waals surface area contributed by atoms with Crippen molar-refractivity contribution >= 4 is 28.6 Å². The molecule has 4 heterocycles. The Morgan fingerprint density at radius 2 is 2.04 bits per heavy atom. The number of nitrogens with zero attached hydrogens (tertiary/aromatic N) is 3. The first-order valence-electron chi connectivity index (χ1n) is 8.39. The molecule has 1 fully saturated rings. The summed E-state index contributed by atoms with van der Waals surface area (Å²) in [5, 5.41) is 16.8. The zero-order chi connectivity index (χ0) is 17.8. The number of nitrogens with one attached hydrogen (secondary N) is 1. The molecule has 8 heteroatoms. The predicted octanol–water partition coefficient (Wildman–Crippen LogP) is 3.82. The van der Waals surface area contributed by atoms with Gasteiger partial charge in [-0.3, -0.25) is 4.90 Å². The number of nitriles is 1. The molecule has 0 aromatic carbocycles. The second-order valence-corrected chi connectivity index (χ2v) is 7.77. The van der Waals surface area contributed by atoms with Gasteiger partial charge < -0.3 is 14.5 Å². The average Bonchev–Trinajstić information content (AvgIpc) is 3.44. The molecule has 3 aromatic rings. The van der Waals surface area contributed by atoms with Crippen molar-refractivity contribution in [3.05, 3.63) is 45.6 Å². The average molecular weight is 387 g/mol. The first-order valence-corrected chi connectivity index (χ1v) is 10.1. The highest BCUT2D eigenvalue weighted by Gasteiger charge is 2.24. The van der Waals surface area contributed by atoms with Crippen LogP contribution in [0.3, 0.4) is 0 Å². The summed E-state index contributed by atoms with van der Waals surface area (Å²) in [6.45, 7) is 3.93. The molecule has 0 saturated carbocycles. The molecule has 1 N–H and O–H groups in total. The van der Waals surface area contributed by atoms with Gasteiger partial charge in [-0.25, -0.2) is 0 Å². The van der Waals surface area contributed by atoms with E-state index >= 15 is 0 Å². The standard InChI is InChI=1S/C18H18N4O2S2/c19-11-13-17(24-18(21-13)16-4-2-10-26-16)20-12-14(15-3-1-9-25-15)22-5-7-23-8-6-22/h1-4,9-10,14,20H,5-8,12H2/t14-/m0/s1. The molecule has 1 saturated heterocycles. The molecule has 0 unspecified atom stereocenters. The van der Waals surface area contributed by atoms with Crippen LogP contribution in [0.1, 0.15) is 16.6 Å². The molecule has 0 aliphatic carbocycles. The minimum atomic E-state index is 0.209. The van der Waals surface area contributed by atoms with E-state index in [9.17, 15) is 5.26 Å². The summed E-state index contributed by atoms with van der Waals surface area (Å²) < 4.78 is 11.3. The molecule has 0 spiro atoms. The Bertz CT molecular complexity index is 862. The maximum absolute atomic E-state index is 9.39. The fourth-order valence-electron chi connectivity index (χ4n) is 2.99. The van der Waals surface area contributed by atoms with Crippen LogP contribution in [0.25, 0.3) is 10.8 Å². The molecule has 6 nitrogen and oxygen atoms in total. The van der Waals surface area contributed by atoms with E-state index in [-0.39, 0.29) is 6.04 Å². The molecule has 0 amide bonds. The van der Waals surface area contributed by atoms with Crippen molar-refractivity contribution in [2.75, 3.05) is 38.2 Å². The molecule has 1 aliphatic rings. The van der Waals surface area contributed by atoms with E-state index in [1.54, 1.807) is 11.3 Å². The molecular formula is C18H18N4O2S2. The zero-order valence-corrected chi connectivity index (χ0v) is 15.7. The fraction of sp³-hybridized carbons (Fsp3) is 0.333. The second-order valence-electron chi connectivity index (χ2n) is 5.85. The smallest absolute Gasteiger partial charge is 0.240 e. The van der Waals surface area contributed by atoms with Crippen LogP contribution in [-0.4, -0.2) is 42.7 Å². The van der Waals surface area contributed by atoms with Gasteiger partial charge in [0.05, 0.1) is 24.1 Å². The van der Waals surface area contributed by atoms with Gasteiger partial charge in [0, 0.05) is 24.5 Å². The van der Waals surface area contributed by atoms with E-state index in [4.69, 9.17) is 9.15 Å². The first-order chi connectivity index (χ1) is 12.8. The minimum Gasteiger partial charge on any atom is -0.418 e. The minimum absolute atomic E-state index is 0.209. The Morgan fingerprint density at radius 1 is 1.23 bits per heavy atom. The van der Waals surface area contributed by atoms with Gasteiger partial charge in [0.1, 0.15) is 6.07 Å². The number of hydrogen-bond acceptors (Lipinski definition) is 8. The van der Waals surface area contributed by atoms with Crippen LogP contribution in [-0.2, 0) is 4.74 Å². The summed E-state index contributed by atoms with van der Waals surface area (Å²) in [6, 6.07) is 10.4. The van der Waals surface area contributed by atoms with Gasteiger partial charge in [-0.05, 0) is 22.9 Å². The fourth-order valence-corrected chi connectivity index (χ4v) is 4.50. The van der Waals surface area contributed by atoms with Crippen molar-refractivity contribution in [2.45, 2.75) is 6.04 Å². The van der Waals surface area contributed by atoms with E-state index in [0.29, 0.717) is 24.0 Å². The summed E-state index contributed by atoms with van der Waals surface area (Å²) in [7, 11) is 0. The Kier molecular flexibility index (Phi) is 5.32. The van der Waals surface area contributed by atoms with Crippen LogP contribution in [0.5, 0.6) is 0 Å². The third-order valence-electron chi connectivity index (χ3n) is 4.28. The highest BCUT2D eigenvalue weighted by molar-refractivity contribution is 7.13. The maximum Gasteiger partial charge on any atom is 0.240 e. The Balaban J connectivity index is 1.53. The van der Waals surface area contributed by atoms with Gasteiger partial charge >= 0.3 is 0 Å². The number of ether oxygens (including phenoxy) is 1. The van der Waals surface area contributed by atoms with Crippen molar-refractivity contribution in [1.82, 2.24) is 9.88 Å². The van der Waals surface area contributed by atoms with Crippen LogP contribution >= 0.6 is 22.7 Å². The number of hydrogen-bond donors (Lipinski definition) is 1. The Morgan fingerprint density at radius 3 is 2.73 bits per heavy atom. The number of anilines is 1. The monoisotopic (exact) mass is 386 g/mol. The zero-order valence-electron chi connectivity index (χ0n) is 14.1. The highest BCUT2D eigenvalue weighted by Crippen LogP contribution is 2.30. The van der Waals surface area contributed by atoms with Crippen LogP contribution in [0, 0.1) is 11.3 Å². The van der Waals surface area contributed by atoms with Gasteiger partial charge in [0.2, 0.25) is 17.5 Å². The largest absolute Gasteiger partial charge is 0.418 e. The SMILES string of the molecule is N#Cc1nc(-c2cccs2)oc1NC[C@@H](c1cccs1)N1CCOCC1. The number of thiophene rings is 2. The van der Waals surface area contributed by atoms with Crippen molar-refractivity contribution in [3.8, 4) is 16.8 Å². The van der Waals surface area contributed by atoms with Crippen LogP contribution < -0.4 is 5.32 Å². The quantitative estimate of drug-likeness (QED) is 0.694. The summed E-state index contributed by atoms with van der Waals surface area (Å²) in [5.41, 5.74) is 0.292. The molecule has 26 heavy (non-hydrogen) atoms. The molecule has 4 rings (SSSR count). The number of rotatable bonds is 6. The third-order valence-corrected chi connectivity index (χ3v) is 6.11. The van der Waals surface area contributed by atoms with Crippen molar-refractivity contribution in [2.24, 2.45) is 0 Å². The highest BCUT2D eigenvalue weighted by atomic mass is 32.1. The maximum atomic E-state index is 9.39. The lowest BCUT2D eigenvalue weighted by atomic mass is 10.2. The van der Waals surface area contributed by atoms with Gasteiger partial charge in [-0.1, -0.05) is 12.1 Å². The normalized spacial score (nSPS) is 16.3. The number of morpholine rings is 1. The second kappa shape index (κ2) is 8.01. The topological polar surface area (TPSA) is 74.3 Å². The van der Waals surface area contributed by atoms with Gasteiger partial charge in [-0.15, -0.1) is 22.7 Å². The van der Waals surface area contributed by atoms with Crippen LogP contribution in [0.2, 0.25) is 0 Å². The molecule has 0 radical (unpaired) electrons. The van der Waals surface area contributed by atoms with Crippen molar-refractivity contribution in [3.63, 3.8) is 0 Å². The third kappa shape index (κ3) is 3.66. The summed E-state index contributed by atoms with van der Waals surface area (Å²) in [6.07, 6.45) is 0. The molecule has 3 aromatic heterocycles.